The number of hydrogen-bond acceptors (Lipinski definition) is 3. The first kappa shape index (κ1) is 15.4. The molecule has 1 unspecified atom stereocenters. The molecule has 0 radical (unpaired) electrons. The molecule has 2 heterocycles. The van der Waals surface area contributed by atoms with Gasteiger partial charge < -0.3 is 9.72 Å². The quantitative estimate of drug-likeness (QED) is 0.792. The van der Waals surface area contributed by atoms with Crippen molar-refractivity contribution in [3.05, 3.63) is 71.9 Å². The summed E-state index contributed by atoms with van der Waals surface area (Å²) in [6, 6.07) is 17.4. The van der Waals surface area contributed by atoms with Crippen molar-refractivity contribution in [3.8, 4) is 0 Å². The summed E-state index contributed by atoms with van der Waals surface area (Å²) in [5, 5.41) is 1.10. The van der Waals surface area contributed by atoms with Gasteiger partial charge in [-0.3, -0.25) is 4.79 Å². The van der Waals surface area contributed by atoms with E-state index in [-0.39, 0.29) is 18.4 Å². The maximum atomic E-state index is 12.3. The Labute approximate surface area is 145 Å². The van der Waals surface area contributed by atoms with Crippen molar-refractivity contribution < 1.29 is 14.3 Å². The number of likely N-dealkylation sites (tertiary alicyclic amines) is 1. The van der Waals surface area contributed by atoms with Crippen molar-refractivity contribution in [2.75, 3.05) is 6.54 Å². The first-order chi connectivity index (χ1) is 12.2. The summed E-state index contributed by atoms with van der Waals surface area (Å²) in [5.74, 6) is -0.193. The Balaban J connectivity index is 1.46. The highest BCUT2D eigenvalue weighted by Gasteiger charge is 2.36. The number of nitrogens with one attached hydrogen (secondary N) is 1. The number of nitrogens with zero attached hydrogens (tertiary/aromatic N) is 1. The fourth-order valence-corrected chi connectivity index (χ4v) is 3.32. The number of aromatic amines is 1. The lowest BCUT2D eigenvalue weighted by Gasteiger charge is -2.15. The Morgan fingerprint density at radius 2 is 1.88 bits per heavy atom. The SMILES string of the molecule is O=C1CC(c2c[nH]c3ccccc23)CN1C(=O)OCc1ccccc1. The average molecular weight is 334 g/mol. The van der Waals surface area contributed by atoms with Crippen LogP contribution >= 0.6 is 0 Å². The molecule has 1 saturated heterocycles. The molecule has 2 amide bonds. The number of para-hydroxylation sites is 1. The molecule has 0 aliphatic carbocycles. The van der Waals surface area contributed by atoms with Crippen molar-refractivity contribution >= 4 is 22.9 Å². The number of hydrogen-bond donors (Lipinski definition) is 1. The van der Waals surface area contributed by atoms with E-state index < -0.39 is 6.09 Å². The van der Waals surface area contributed by atoms with Gasteiger partial charge in [0.25, 0.3) is 0 Å². The van der Waals surface area contributed by atoms with Gasteiger partial charge in [-0.2, -0.15) is 0 Å². The van der Waals surface area contributed by atoms with Gasteiger partial charge in [0.05, 0.1) is 0 Å². The highest BCUT2D eigenvalue weighted by Crippen LogP contribution is 2.33. The molecule has 2 aromatic carbocycles. The number of imide groups is 1. The smallest absolute Gasteiger partial charge is 0.416 e. The van der Waals surface area contributed by atoms with Gasteiger partial charge in [0.15, 0.2) is 0 Å². The van der Waals surface area contributed by atoms with E-state index in [1.807, 2.05) is 60.8 Å². The third kappa shape index (κ3) is 3.01. The summed E-state index contributed by atoms with van der Waals surface area (Å²) >= 11 is 0. The standard InChI is InChI=1S/C20H18N2O3/c23-19-10-15(17-11-21-18-9-5-4-8-16(17)18)12-22(19)20(24)25-13-14-6-2-1-3-7-14/h1-9,11,15,21H,10,12-13H2. The Hall–Kier alpha value is -3.08. The largest absolute Gasteiger partial charge is 0.444 e. The lowest BCUT2D eigenvalue weighted by molar-refractivity contribution is -0.126. The Kier molecular flexibility index (Phi) is 3.98. The zero-order valence-corrected chi connectivity index (χ0v) is 13.6. The van der Waals surface area contributed by atoms with Gasteiger partial charge >= 0.3 is 6.09 Å². The van der Waals surface area contributed by atoms with Crippen LogP contribution in [0.1, 0.15) is 23.5 Å². The molecule has 1 fully saturated rings. The van der Waals surface area contributed by atoms with E-state index >= 15 is 0 Å². The minimum atomic E-state index is -0.573. The number of fused-ring (bicyclic) bond motifs is 1. The second kappa shape index (κ2) is 6.43. The number of carbonyl (C=O) groups excluding carboxylic acids is 2. The van der Waals surface area contributed by atoms with Crippen molar-refractivity contribution in [1.82, 2.24) is 9.88 Å². The van der Waals surface area contributed by atoms with E-state index in [2.05, 4.69) is 4.98 Å². The zero-order valence-electron chi connectivity index (χ0n) is 13.6. The van der Waals surface area contributed by atoms with Crippen LogP contribution in [0.2, 0.25) is 0 Å². The summed E-state index contributed by atoms with van der Waals surface area (Å²) in [6.07, 6.45) is 1.68. The lowest BCUT2D eigenvalue weighted by atomic mass is 9.98. The second-order valence-corrected chi connectivity index (χ2v) is 6.24. The topological polar surface area (TPSA) is 62.4 Å². The molecule has 126 valence electrons. The molecule has 5 heteroatoms. The molecule has 1 aliphatic rings. The van der Waals surface area contributed by atoms with Gasteiger partial charge in [-0.15, -0.1) is 0 Å². The summed E-state index contributed by atoms with van der Waals surface area (Å²) < 4.78 is 5.29. The Bertz CT molecular complexity index is 917. The van der Waals surface area contributed by atoms with Gasteiger partial charge in [-0.25, -0.2) is 9.69 Å². The minimum absolute atomic E-state index is 0.00655. The van der Waals surface area contributed by atoms with Gasteiger partial charge in [0, 0.05) is 36.0 Å². The third-order valence-corrected chi connectivity index (χ3v) is 4.61. The second-order valence-electron chi connectivity index (χ2n) is 6.24. The number of ether oxygens (including phenoxy) is 1. The van der Waals surface area contributed by atoms with Gasteiger partial charge in [0.1, 0.15) is 6.61 Å². The molecule has 0 saturated carbocycles. The van der Waals surface area contributed by atoms with Gasteiger partial charge in [0.2, 0.25) is 5.91 Å². The fraction of sp³-hybridized carbons (Fsp3) is 0.200. The molecule has 5 nitrogen and oxygen atoms in total. The fourth-order valence-electron chi connectivity index (χ4n) is 3.32. The number of amides is 2. The molecule has 1 N–H and O–H groups in total. The van der Waals surface area contributed by atoms with Crippen molar-refractivity contribution in [1.29, 1.82) is 0 Å². The van der Waals surface area contributed by atoms with Crippen LogP contribution in [0, 0.1) is 0 Å². The van der Waals surface area contributed by atoms with E-state index in [4.69, 9.17) is 4.74 Å². The summed E-state index contributed by atoms with van der Waals surface area (Å²) in [5.41, 5.74) is 3.01. The molecule has 4 rings (SSSR count). The number of benzene rings is 2. The molecule has 0 bridgehead atoms. The van der Waals surface area contributed by atoms with Crippen LogP contribution in [0.3, 0.4) is 0 Å². The van der Waals surface area contributed by atoms with Crippen LogP contribution in [0.25, 0.3) is 10.9 Å². The molecule has 1 aromatic heterocycles. The van der Waals surface area contributed by atoms with Crippen LogP contribution in [-0.4, -0.2) is 28.4 Å². The van der Waals surface area contributed by atoms with E-state index in [9.17, 15) is 9.59 Å². The average Bonchev–Trinajstić information content (AvgIpc) is 3.24. The summed E-state index contributed by atoms with van der Waals surface area (Å²) in [7, 11) is 0. The van der Waals surface area contributed by atoms with Crippen LogP contribution in [-0.2, 0) is 16.1 Å². The number of carbonyl (C=O) groups is 2. The normalized spacial score (nSPS) is 17.2. The van der Waals surface area contributed by atoms with Crippen LogP contribution in [0.15, 0.2) is 60.8 Å². The first-order valence-electron chi connectivity index (χ1n) is 8.29. The first-order valence-corrected chi connectivity index (χ1v) is 8.29. The predicted octanol–water partition coefficient (Wildman–Crippen LogP) is 3.82. The molecule has 0 spiro atoms. The van der Waals surface area contributed by atoms with E-state index in [0.717, 1.165) is 22.0 Å². The lowest BCUT2D eigenvalue weighted by Crippen LogP contribution is -2.32. The minimum Gasteiger partial charge on any atom is -0.444 e. The van der Waals surface area contributed by atoms with E-state index in [1.165, 1.54) is 4.90 Å². The van der Waals surface area contributed by atoms with Crippen molar-refractivity contribution in [2.45, 2.75) is 18.9 Å². The number of rotatable bonds is 3. The Morgan fingerprint density at radius 3 is 2.72 bits per heavy atom. The van der Waals surface area contributed by atoms with Crippen molar-refractivity contribution in [2.24, 2.45) is 0 Å². The number of H-pyrrole nitrogens is 1. The predicted molar refractivity (Wildman–Crippen MR) is 94.0 cm³/mol. The number of aromatic nitrogens is 1. The monoisotopic (exact) mass is 334 g/mol. The Morgan fingerprint density at radius 1 is 1.12 bits per heavy atom. The van der Waals surface area contributed by atoms with E-state index in [1.54, 1.807) is 0 Å². The van der Waals surface area contributed by atoms with Gasteiger partial charge in [-0.05, 0) is 17.2 Å². The molecular weight excluding hydrogens is 316 g/mol. The third-order valence-electron chi connectivity index (χ3n) is 4.61. The van der Waals surface area contributed by atoms with Gasteiger partial charge in [-0.1, -0.05) is 48.5 Å². The van der Waals surface area contributed by atoms with Crippen molar-refractivity contribution in [3.63, 3.8) is 0 Å². The van der Waals surface area contributed by atoms with Crippen LogP contribution < -0.4 is 0 Å². The van der Waals surface area contributed by atoms with E-state index in [0.29, 0.717) is 13.0 Å². The zero-order chi connectivity index (χ0) is 17.2. The highest BCUT2D eigenvalue weighted by atomic mass is 16.6. The molecule has 1 atom stereocenters. The van der Waals surface area contributed by atoms with Crippen LogP contribution in [0.5, 0.6) is 0 Å². The molecule has 25 heavy (non-hydrogen) atoms. The molecular formula is C20H18N2O3. The van der Waals surface area contributed by atoms with Crippen LogP contribution in [0.4, 0.5) is 4.79 Å². The molecule has 3 aromatic rings. The highest BCUT2D eigenvalue weighted by molar-refractivity contribution is 5.95. The molecule has 1 aliphatic heterocycles. The summed E-state index contributed by atoms with van der Waals surface area (Å²) in [4.78, 5) is 29.0. The maximum absolute atomic E-state index is 12.3. The maximum Gasteiger partial charge on any atom is 0.416 e. The summed E-state index contributed by atoms with van der Waals surface area (Å²) in [6.45, 7) is 0.523.